The van der Waals surface area contributed by atoms with Crippen molar-refractivity contribution in [2.24, 2.45) is 5.14 Å². The molecule has 0 aromatic carbocycles. The molecule has 3 N–H and O–H groups in total. The fourth-order valence-corrected chi connectivity index (χ4v) is 1.87. The van der Waals surface area contributed by atoms with Gasteiger partial charge in [0.2, 0.25) is 0 Å². The summed E-state index contributed by atoms with van der Waals surface area (Å²) in [6.07, 6.45) is 7.70. The Hall–Kier alpha value is -0.390. The molecule has 0 saturated carbocycles. The van der Waals surface area contributed by atoms with Crippen molar-refractivity contribution in [2.45, 2.75) is 32.1 Å². The SMILES string of the molecule is NS(=O)(=O)NCCC1=CCCCC1. The molecule has 0 aliphatic heterocycles. The van der Waals surface area contributed by atoms with Crippen LogP contribution in [0.3, 0.4) is 0 Å². The van der Waals surface area contributed by atoms with Gasteiger partial charge in [-0.2, -0.15) is 8.42 Å². The van der Waals surface area contributed by atoms with E-state index < -0.39 is 10.2 Å². The van der Waals surface area contributed by atoms with Crippen LogP contribution in [0.15, 0.2) is 11.6 Å². The molecule has 76 valence electrons. The highest BCUT2D eigenvalue weighted by Gasteiger charge is 2.05. The van der Waals surface area contributed by atoms with Gasteiger partial charge in [-0.25, -0.2) is 9.86 Å². The van der Waals surface area contributed by atoms with Crippen LogP contribution in [0, 0.1) is 0 Å². The Labute approximate surface area is 79.4 Å². The second kappa shape index (κ2) is 4.74. The quantitative estimate of drug-likeness (QED) is 0.661. The smallest absolute Gasteiger partial charge is 0.216 e. The van der Waals surface area contributed by atoms with Crippen LogP contribution in [-0.2, 0) is 10.2 Å². The largest absolute Gasteiger partial charge is 0.274 e. The zero-order valence-corrected chi connectivity index (χ0v) is 8.44. The van der Waals surface area contributed by atoms with E-state index in [2.05, 4.69) is 10.8 Å². The summed E-state index contributed by atoms with van der Waals surface area (Å²) in [6.45, 7) is 0.421. The Balaban J connectivity index is 2.22. The van der Waals surface area contributed by atoms with Crippen LogP contribution in [0.2, 0.25) is 0 Å². The molecule has 13 heavy (non-hydrogen) atoms. The van der Waals surface area contributed by atoms with Crippen LogP contribution < -0.4 is 9.86 Å². The maximum Gasteiger partial charge on any atom is 0.274 e. The molecule has 0 saturated heterocycles. The maximum absolute atomic E-state index is 10.5. The van der Waals surface area contributed by atoms with Gasteiger partial charge in [-0.3, -0.25) is 0 Å². The minimum absolute atomic E-state index is 0.421. The van der Waals surface area contributed by atoms with Crippen molar-refractivity contribution < 1.29 is 8.42 Å². The van der Waals surface area contributed by atoms with Crippen molar-refractivity contribution >= 4 is 10.2 Å². The molecule has 0 aromatic rings. The number of hydrogen-bond donors (Lipinski definition) is 2. The average Bonchev–Trinajstić information content (AvgIpc) is 2.04. The summed E-state index contributed by atoms with van der Waals surface area (Å²) in [4.78, 5) is 0. The predicted octanol–water partition coefficient (Wildman–Crippen LogP) is 0.670. The average molecular weight is 204 g/mol. The summed E-state index contributed by atoms with van der Waals surface area (Å²) < 4.78 is 23.3. The second-order valence-corrected chi connectivity index (χ2v) is 4.68. The first kappa shape index (κ1) is 10.7. The molecule has 5 heteroatoms. The third kappa shape index (κ3) is 5.02. The summed E-state index contributed by atoms with van der Waals surface area (Å²) in [5, 5.41) is 4.79. The molecule has 0 heterocycles. The first-order valence-corrected chi connectivity index (χ1v) is 6.08. The lowest BCUT2D eigenvalue weighted by atomic mass is 9.97. The monoisotopic (exact) mass is 204 g/mol. The molecule has 0 spiro atoms. The Morgan fingerprint density at radius 2 is 2.23 bits per heavy atom. The van der Waals surface area contributed by atoms with E-state index >= 15 is 0 Å². The highest BCUT2D eigenvalue weighted by atomic mass is 32.2. The van der Waals surface area contributed by atoms with Gasteiger partial charge >= 0.3 is 0 Å². The van der Waals surface area contributed by atoms with E-state index in [1.807, 2.05) is 0 Å². The third-order valence-electron chi connectivity index (χ3n) is 2.13. The Kier molecular flexibility index (Phi) is 3.90. The van der Waals surface area contributed by atoms with Crippen LogP contribution in [0.1, 0.15) is 32.1 Å². The lowest BCUT2D eigenvalue weighted by molar-refractivity contribution is 0.581. The standard InChI is InChI=1S/C8H16N2O2S/c9-13(11,12)10-7-6-8-4-2-1-3-5-8/h4,10H,1-3,5-7H2,(H2,9,11,12). The summed E-state index contributed by atoms with van der Waals surface area (Å²) in [6, 6.07) is 0. The molecule has 0 amide bonds. The molecule has 1 aliphatic carbocycles. The van der Waals surface area contributed by atoms with Gasteiger partial charge in [0.15, 0.2) is 0 Å². The van der Waals surface area contributed by atoms with Crippen molar-refractivity contribution in [3.05, 3.63) is 11.6 Å². The minimum atomic E-state index is -3.50. The number of allylic oxidation sites excluding steroid dienone is 1. The highest BCUT2D eigenvalue weighted by Crippen LogP contribution is 2.19. The Bertz CT molecular complexity index is 283. The van der Waals surface area contributed by atoms with Crippen molar-refractivity contribution in [1.29, 1.82) is 0 Å². The van der Waals surface area contributed by atoms with Crippen molar-refractivity contribution in [2.75, 3.05) is 6.54 Å². The molecule has 4 nitrogen and oxygen atoms in total. The van der Waals surface area contributed by atoms with Gasteiger partial charge in [0.1, 0.15) is 0 Å². The van der Waals surface area contributed by atoms with Crippen LogP contribution in [-0.4, -0.2) is 15.0 Å². The van der Waals surface area contributed by atoms with Gasteiger partial charge in [0.25, 0.3) is 10.2 Å². The fraction of sp³-hybridized carbons (Fsp3) is 0.750. The van der Waals surface area contributed by atoms with Gasteiger partial charge in [-0.15, -0.1) is 0 Å². The van der Waals surface area contributed by atoms with Gasteiger partial charge in [-0.1, -0.05) is 11.6 Å². The van der Waals surface area contributed by atoms with E-state index in [0.717, 1.165) is 19.3 Å². The molecule has 0 unspecified atom stereocenters. The first-order valence-electron chi connectivity index (χ1n) is 4.53. The molecular weight excluding hydrogens is 188 g/mol. The van der Waals surface area contributed by atoms with Crippen molar-refractivity contribution in [1.82, 2.24) is 4.72 Å². The van der Waals surface area contributed by atoms with E-state index in [0.29, 0.717) is 6.54 Å². The van der Waals surface area contributed by atoms with E-state index in [4.69, 9.17) is 5.14 Å². The maximum atomic E-state index is 10.5. The zero-order chi connectivity index (χ0) is 9.73. The number of hydrogen-bond acceptors (Lipinski definition) is 2. The molecule has 0 atom stereocenters. The third-order valence-corrected chi connectivity index (χ3v) is 2.74. The molecule has 1 rings (SSSR count). The van der Waals surface area contributed by atoms with Crippen molar-refractivity contribution in [3.8, 4) is 0 Å². The summed E-state index contributed by atoms with van der Waals surface area (Å²) in [7, 11) is -3.50. The van der Waals surface area contributed by atoms with Crippen LogP contribution >= 0.6 is 0 Å². The fourth-order valence-electron chi connectivity index (χ4n) is 1.49. The summed E-state index contributed by atoms with van der Waals surface area (Å²) in [5.41, 5.74) is 1.35. The number of nitrogens with one attached hydrogen (secondary N) is 1. The van der Waals surface area contributed by atoms with Gasteiger partial charge < -0.3 is 0 Å². The second-order valence-electron chi connectivity index (χ2n) is 3.30. The summed E-state index contributed by atoms with van der Waals surface area (Å²) in [5.74, 6) is 0. The van der Waals surface area contributed by atoms with Gasteiger partial charge in [-0.05, 0) is 32.1 Å². The van der Waals surface area contributed by atoms with Crippen LogP contribution in [0.25, 0.3) is 0 Å². The molecule has 0 aromatic heterocycles. The normalized spacial score (nSPS) is 18.4. The molecule has 0 radical (unpaired) electrons. The topological polar surface area (TPSA) is 72.2 Å². The minimum Gasteiger partial charge on any atom is -0.216 e. The van der Waals surface area contributed by atoms with E-state index in [9.17, 15) is 8.42 Å². The number of nitrogens with two attached hydrogens (primary N) is 1. The van der Waals surface area contributed by atoms with Crippen LogP contribution in [0.4, 0.5) is 0 Å². The van der Waals surface area contributed by atoms with E-state index in [1.54, 1.807) is 0 Å². The molecule has 0 fully saturated rings. The number of rotatable bonds is 4. The molecular formula is C8H16N2O2S. The lowest BCUT2D eigenvalue weighted by Crippen LogP contribution is -2.31. The summed E-state index contributed by atoms with van der Waals surface area (Å²) >= 11 is 0. The van der Waals surface area contributed by atoms with Crippen LogP contribution in [0.5, 0.6) is 0 Å². The Morgan fingerprint density at radius 1 is 1.46 bits per heavy atom. The molecule has 0 bridgehead atoms. The van der Waals surface area contributed by atoms with Crippen molar-refractivity contribution in [3.63, 3.8) is 0 Å². The first-order chi connectivity index (χ1) is 6.08. The van der Waals surface area contributed by atoms with Gasteiger partial charge in [0, 0.05) is 6.54 Å². The lowest BCUT2D eigenvalue weighted by Gasteiger charge is -2.12. The van der Waals surface area contributed by atoms with Gasteiger partial charge in [0.05, 0.1) is 0 Å². The highest BCUT2D eigenvalue weighted by molar-refractivity contribution is 7.87. The molecule has 1 aliphatic rings. The Morgan fingerprint density at radius 3 is 2.77 bits per heavy atom. The van der Waals surface area contributed by atoms with E-state index in [1.165, 1.54) is 18.4 Å². The zero-order valence-electron chi connectivity index (χ0n) is 7.62. The predicted molar refractivity (Wildman–Crippen MR) is 52.3 cm³/mol. The van der Waals surface area contributed by atoms with E-state index in [-0.39, 0.29) is 0 Å².